The van der Waals surface area contributed by atoms with Crippen LogP contribution in [-0.4, -0.2) is 19.7 Å². The smallest absolute Gasteiger partial charge is 0.119 e. The van der Waals surface area contributed by atoms with E-state index in [1.807, 2.05) is 6.92 Å². The van der Waals surface area contributed by atoms with Crippen molar-refractivity contribution in [3.8, 4) is 5.75 Å². The molecule has 0 amide bonds. The summed E-state index contributed by atoms with van der Waals surface area (Å²) >= 11 is 0. The normalized spacial score (nSPS) is 16.3. The maximum atomic E-state index is 5.44. The number of piperidine rings is 1. The van der Waals surface area contributed by atoms with Gasteiger partial charge in [-0.05, 0) is 62.9 Å². The van der Waals surface area contributed by atoms with Crippen LogP contribution in [0.25, 0.3) is 0 Å². The Kier molecular flexibility index (Phi) is 6.38. The Bertz CT molecular complexity index is 307. The number of rotatable bonds is 4. The zero-order chi connectivity index (χ0) is 11.2. The second-order valence-corrected chi connectivity index (χ2v) is 4.47. The van der Waals surface area contributed by atoms with Crippen LogP contribution < -0.4 is 10.1 Å². The van der Waals surface area contributed by atoms with Crippen LogP contribution in [0.5, 0.6) is 5.75 Å². The Morgan fingerprint density at radius 1 is 1.18 bits per heavy atom. The second kappa shape index (κ2) is 7.57. The van der Waals surface area contributed by atoms with Crippen LogP contribution in [0.1, 0.15) is 25.3 Å². The van der Waals surface area contributed by atoms with E-state index in [4.69, 9.17) is 4.74 Å². The molecule has 0 bridgehead atoms. The minimum Gasteiger partial charge on any atom is -0.494 e. The van der Waals surface area contributed by atoms with Crippen LogP contribution in [0.3, 0.4) is 0 Å². The molecule has 0 aromatic heterocycles. The van der Waals surface area contributed by atoms with Gasteiger partial charge < -0.3 is 10.1 Å². The van der Waals surface area contributed by atoms with Crippen LogP contribution in [0.2, 0.25) is 0 Å². The molecule has 1 saturated heterocycles. The van der Waals surface area contributed by atoms with Gasteiger partial charge in [-0.15, -0.1) is 12.4 Å². The van der Waals surface area contributed by atoms with Crippen LogP contribution >= 0.6 is 12.4 Å². The summed E-state index contributed by atoms with van der Waals surface area (Å²) in [5.41, 5.74) is 1.44. The predicted molar refractivity (Wildman–Crippen MR) is 74.2 cm³/mol. The lowest BCUT2D eigenvalue weighted by atomic mass is 9.91. The Hall–Kier alpha value is -0.730. The first kappa shape index (κ1) is 14.3. The Morgan fingerprint density at radius 2 is 1.82 bits per heavy atom. The Morgan fingerprint density at radius 3 is 2.41 bits per heavy atom. The van der Waals surface area contributed by atoms with Crippen LogP contribution in [0.15, 0.2) is 24.3 Å². The highest BCUT2D eigenvalue weighted by molar-refractivity contribution is 5.85. The predicted octanol–water partition coefficient (Wildman–Crippen LogP) is 3.05. The van der Waals surface area contributed by atoms with Gasteiger partial charge in [-0.1, -0.05) is 12.1 Å². The highest BCUT2D eigenvalue weighted by Gasteiger charge is 2.13. The van der Waals surface area contributed by atoms with Crippen LogP contribution in [0.4, 0.5) is 0 Å². The molecule has 2 nitrogen and oxygen atoms in total. The molecule has 1 aliphatic rings. The van der Waals surface area contributed by atoms with E-state index in [2.05, 4.69) is 29.6 Å². The van der Waals surface area contributed by atoms with Crippen molar-refractivity contribution in [3.63, 3.8) is 0 Å². The largest absolute Gasteiger partial charge is 0.494 e. The van der Waals surface area contributed by atoms with Crippen molar-refractivity contribution in [2.45, 2.75) is 26.2 Å². The Labute approximate surface area is 110 Å². The SMILES string of the molecule is CCOc1ccc(CC2CCNCC2)cc1.Cl. The summed E-state index contributed by atoms with van der Waals surface area (Å²) in [6.45, 7) is 5.12. The van der Waals surface area contributed by atoms with E-state index in [1.54, 1.807) is 0 Å². The highest BCUT2D eigenvalue weighted by Crippen LogP contribution is 2.20. The summed E-state index contributed by atoms with van der Waals surface area (Å²) in [5.74, 6) is 1.84. The van der Waals surface area contributed by atoms with E-state index >= 15 is 0 Å². The zero-order valence-electron chi connectivity index (χ0n) is 10.4. The van der Waals surface area contributed by atoms with Gasteiger partial charge in [0.1, 0.15) is 5.75 Å². The summed E-state index contributed by atoms with van der Waals surface area (Å²) in [6, 6.07) is 8.57. The van der Waals surface area contributed by atoms with E-state index < -0.39 is 0 Å². The van der Waals surface area contributed by atoms with Crippen molar-refractivity contribution in [2.75, 3.05) is 19.7 Å². The van der Waals surface area contributed by atoms with Gasteiger partial charge in [0, 0.05) is 0 Å². The molecule has 0 atom stereocenters. The van der Waals surface area contributed by atoms with Gasteiger partial charge in [0.15, 0.2) is 0 Å². The number of halogens is 1. The lowest BCUT2D eigenvalue weighted by molar-refractivity contribution is 0.339. The van der Waals surface area contributed by atoms with Crippen molar-refractivity contribution < 1.29 is 4.74 Å². The zero-order valence-corrected chi connectivity index (χ0v) is 11.3. The van der Waals surface area contributed by atoms with E-state index in [-0.39, 0.29) is 12.4 Å². The summed E-state index contributed by atoms with van der Waals surface area (Å²) in [4.78, 5) is 0. The molecule has 96 valence electrons. The molecule has 1 aromatic carbocycles. The average molecular weight is 256 g/mol. The van der Waals surface area contributed by atoms with Crippen molar-refractivity contribution >= 4 is 12.4 Å². The number of ether oxygens (including phenoxy) is 1. The molecule has 1 fully saturated rings. The number of hydrogen-bond acceptors (Lipinski definition) is 2. The first-order chi connectivity index (χ1) is 7.88. The molecule has 0 spiro atoms. The van der Waals surface area contributed by atoms with Crippen LogP contribution in [-0.2, 0) is 6.42 Å². The van der Waals surface area contributed by atoms with Gasteiger partial charge in [0.2, 0.25) is 0 Å². The third kappa shape index (κ3) is 4.57. The van der Waals surface area contributed by atoms with Gasteiger partial charge in [0.05, 0.1) is 6.61 Å². The summed E-state index contributed by atoms with van der Waals surface area (Å²) in [6.07, 6.45) is 3.84. The fourth-order valence-corrected chi connectivity index (χ4v) is 2.31. The van der Waals surface area contributed by atoms with Gasteiger partial charge in [0.25, 0.3) is 0 Å². The minimum absolute atomic E-state index is 0. The number of nitrogens with one attached hydrogen (secondary N) is 1. The molecule has 1 N–H and O–H groups in total. The molecule has 2 rings (SSSR count). The molecular formula is C14H22ClNO. The minimum atomic E-state index is 0. The standard InChI is InChI=1S/C14H21NO.ClH/c1-2-16-14-5-3-12(4-6-14)11-13-7-9-15-10-8-13;/h3-6,13,15H,2,7-11H2,1H3;1H. The maximum absolute atomic E-state index is 5.44. The molecule has 3 heteroatoms. The molecular weight excluding hydrogens is 234 g/mol. The molecule has 1 aromatic rings. The van der Waals surface area contributed by atoms with Gasteiger partial charge >= 0.3 is 0 Å². The lowest BCUT2D eigenvalue weighted by Gasteiger charge is -2.22. The van der Waals surface area contributed by atoms with Gasteiger partial charge in [-0.3, -0.25) is 0 Å². The highest BCUT2D eigenvalue weighted by atomic mass is 35.5. The van der Waals surface area contributed by atoms with Crippen molar-refractivity contribution in [3.05, 3.63) is 29.8 Å². The maximum Gasteiger partial charge on any atom is 0.119 e. The third-order valence-electron chi connectivity index (χ3n) is 3.22. The Balaban J connectivity index is 0.00000144. The fourth-order valence-electron chi connectivity index (χ4n) is 2.31. The number of benzene rings is 1. The number of hydrogen-bond donors (Lipinski definition) is 1. The van der Waals surface area contributed by atoms with Crippen LogP contribution in [0, 0.1) is 5.92 Å². The summed E-state index contributed by atoms with van der Waals surface area (Å²) in [5, 5.41) is 3.41. The molecule has 0 saturated carbocycles. The van der Waals surface area contributed by atoms with E-state index in [0.29, 0.717) is 0 Å². The fraction of sp³-hybridized carbons (Fsp3) is 0.571. The van der Waals surface area contributed by atoms with E-state index in [0.717, 1.165) is 18.3 Å². The summed E-state index contributed by atoms with van der Waals surface area (Å²) in [7, 11) is 0. The average Bonchev–Trinajstić information content (AvgIpc) is 2.33. The third-order valence-corrected chi connectivity index (χ3v) is 3.22. The molecule has 1 aliphatic heterocycles. The molecule has 0 aliphatic carbocycles. The molecule has 0 radical (unpaired) electrons. The van der Waals surface area contributed by atoms with Crippen molar-refractivity contribution in [1.82, 2.24) is 5.32 Å². The van der Waals surface area contributed by atoms with E-state index in [9.17, 15) is 0 Å². The lowest BCUT2D eigenvalue weighted by Crippen LogP contribution is -2.28. The second-order valence-electron chi connectivity index (χ2n) is 4.47. The molecule has 17 heavy (non-hydrogen) atoms. The topological polar surface area (TPSA) is 21.3 Å². The molecule has 1 heterocycles. The van der Waals surface area contributed by atoms with Gasteiger partial charge in [-0.25, -0.2) is 0 Å². The van der Waals surface area contributed by atoms with Gasteiger partial charge in [-0.2, -0.15) is 0 Å². The first-order valence-electron chi connectivity index (χ1n) is 6.31. The summed E-state index contributed by atoms with van der Waals surface area (Å²) < 4.78 is 5.44. The monoisotopic (exact) mass is 255 g/mol. The van der Waals surface area contributed by atoms with Crippen molar-refractivity contribution in [1.29, 1.82) is 0 Å². The molecule has 0 unspecified atom stereocenters. The van der Waals surface area contributed by atoms with E-state index in [1.165, 1.54) is 37.9 Å². The first-order valence-corrected chi connectivity index (χ1v) is 6.31. The quantitative estimate of drug-likeness (QED) is 0.893. The van der Waals surface area contributed by atoms with Crippen molar-refractivity contribution in [2.24, 2.45) is 5.92 Å².